The molecule has 1 amide bonds. The van der Waals surface area contributed by atoms with E-state index in [9.17, 15) is 13.2 Å². The second-order valence-corrected chi connectivity index (χ2v) is 8.17. The van der Waals surface area contributed by atoms with Gasteiger partial charge in [-0.15, -0.1) is 0 Å². The number of hydrogen-bond acceptors (Lipinski definition) is 4. The van der Waals surface area contributed by atoms with E-state index in [4.69, 9.17) is 4.74 Å². The Labute approximate surface area is 144 Å². The van der Waals surface area contributed by atoms with Gasteiger partial charge in [0.2, 0.25) is 10.0 Å². The van der Waals surface area contributed by atoms with Crippen LogP contribution in [0.5, 0.6) is 5.75 Å². The Morgan fingerprint density at radius 2 is 2.17 bits per heavy atom. The second kappa shape index (κ2) is 7.98. The first-order valence-electron chi connectivity index (χ1n) is 8.36. The SMILES string of the molecule is CCCNC(=O)c1cc(S(=O)(=O)N2CCCC(C)C2)ccc1OC. The van der Waals surface area contributed by atoms with Crippen LogP contribution in [0.3, 0.4) is 0 Å². The van der Waals surface area contributed by atoms with E-state index in [1.165, 1.54) is 23.5 Å². The van der Waals surface area contributed by atoms with Crippen LogP contribution in [0.4, 0.5) is 0 Å². The lowest BCUT2D eigenvalue weighted by atomic mass is 10.0. The molecule has 0 bridgehead atoms. The highest BCUT2D eigenvalue weighted by Gasteiger charge is 2.29. The number of hydrogen-bond donors (Lipinski definition) is 1. The maximum atomic E-state index is 12.9. The third kappa shape index (κ3) is 4.08. The molecule has 1 saturated heterocycles. The Kier molecular flexibility index (Phi) is 6.23. The van der Waals surface area contributed by atoms with E-state index in [0.29, 0.717) is 31.3 Å². The van der Waals surface area contributed by atoms with E-state index < -0.39 is 10.0 Å². The lowest BCUT2D eigenvalue weighted by Crippen LogP contribution is -2.39. The summed E-state index contributed by atoms with van der Waals surface area (Å²) in [4.78, 5) is 12.4. The van der Waals surface area contributed by atoms with E-state index in [-0.39, 0.29) is 16.4 Å². The smallest absolute Gasteiger partial charge is 0.255 e. The summed E-state index contributed by atoms with van der Waals surface area (Å²) in [5.41, 5.74) is 0.247. The average molecular weight is 354 g/mol. The number of piperidine rings is 1. The molecular formula is C17H26N2O4S. The maximum Gasteiger partial charge on any atom is 0.255 e. The van der Waals surface area contributed by atoms with Crippen LogP contribution >= 0.6 is 0 Å². The van der Waals surface area contributed by atoms with Crippen molar-refractivity contribution in [3.63, 3.8) is 0 Å². The molecule has 0 aliphatic carbocycles. The van der Waals surface area contributed by atoms with Crippen molar-refractivity contribution in [1.82, 2.24) is 9.62 Å². The number of ether oxygens (including phenoxy) is 1. The zero-order valence-electron chi connectivity index (χ0n) is 14.5. The van der Waals surface area contributed by atoms with Crippen LogP contribution in [0.25, 0.3) is 0 Å². The van der Waals surface area contributed by atoms with Crippen molar-refractivity contribution < 1.29 is 17.9 Å². The molecule has 1 aliphatic rings. The molecule has 1 aromatic carbocycles. The average Bonchev–Trinajstić information content (AvgIpc) is 2.59. The van der Waals surface area contributed by atoms with Crippen LogP contribution in [0.2, 0.25) is 0 Å². The number of amides is 1. The summed E-state index contributed by atoms with van der Waals surface area (Å²) in [6.45, 7) is 5.58. The molecule has 0 aromatic heterocycles. The fourth-order valence-electron chi connectivity index (χ4n) is 2.87. The van der Waals surface area contributed by atoms with Crippen molar-refractivity contribution in [2.45, 2.75) is 38.0 Å². The molecule has 0 saturated carbocycles. The predicted octanol–water partition coefficient (Wildman–Crippen LogP) is 2.26. The van der Waals surface area contributed by atoms with Crippen molar-refractivity contribution in [3.8, 4) is 5.75 Å². The highest BCUT2D eigenvalue weighted by Crippen LogP contribution is 2.27. The zero-order chi connectivity index (χ0) is 17.7. The summed E-state index contributed by atoms with van der Waals surface area (Å²) in [6, 6.07) is 4.46. The Morgan fingerprint density at radius 1 is 1.42 bits per heavy atom. The summed E-state index contributed by atoms with van der Waals surface area (Å²) in [7, 11) is -2.13. The number of carbonyl (C=O) groups excluding carboxylic acids is 1. The molecule has 1 aliphatic heterocycles. The highest BCUT2D eigenvalue weighted by molar-refractivity contribution is 7.89. The third-order valence-corrected chi connectivity index (χ3v) is 6.07. The Balaban J connectivity index is 2.34. The number of rotatable bonds is 6. The minimum absolute atomic E-state index is 0.138. The van der Waals surface area contributed by atoms with Gasteiger partial charge in [0.05, 0.1) is 17.6 Å². The summed E-state index contributed by atoms with van der Waals surface area (Å²) >= 11 is 0. The van der Waals surface area contributed by atoms with Gasteiger partial charge in [-0.05, 0) is 43.4 Å². The molecule has 1 heterocycles. The summed E-state index contributed by atoms with van der Waals surface area (Å²) in [6.07, 6.45) is 2.71. The van der Waals surface area contributed by atoms with Crippen LogP contribution in [0.1, 0.15) is 43.5 Å². The minimum Gasteiger partial charge on any atom is -0.496 e. The minimum atomic E-state index is -3.60. The Hall–Kier alpha value is -1.60. The van der Waals surface area contributed by atoms with Gasteiger partial charge in [0, 0.05) is 19.6 Å². The van der Waals surface area contributed by atoms with Crippen LogP contribution in [0, 0.1) is 5.92 Å². The Morgan fingerprint density at radius 3 is 2.79 bits per heavy atom. The number of nitrogens with zero attached hydrogens (tertiary/aromatic N) is 1. The molecule has 0 spiro atoms. The standard InChI is InChI=1S/C17H26N2O4S/c1-4-9-18-17(20)15-11-14(7-8-16(15)23-3)24(21,22)19-10-5-6-13(2)12-19/h7-8,11,13H,4-6,9-10,12H2,1-3H3,(H,18,20). The molecule has 1 aromatic rings. The molecule has 1 N–H and O–H groups in total. The number of nitrogens with one attached hydrogen (secondary N) is 1. The van der Waals surface area contributed by atoms with Crippen LogP contribution < -0.4 is 10.1 Å². The van der Waals surface area contributed by atoms with E-state index >= 15 is 0 Å². The van der Waals surface area contributed by atoms with Gasteiger partial charge in [-0.2, -0.15) is 4.31 Å². The Bertz CT molecular complexity index is 688. The van der Waals surface area contributed by atoms with Gasteiger partial charge in [-0.3, -0.25) is 4.79 Å². The number of benzene rings is 1. The first kappa shape index (κ1) is 18.7. The lowest BCUT2D eigenvalue weighted by molar-refractivity contribution is 0.0950. The highest BCUT2D eigenvalue weighted by atomic mass is 32.2. The summed E-state index contributed by atoms with van der Waals surface area (Å²) in [5, 5.41) is 2.76. The molecule has 1 unspecified atom stereocenters. The summed E-state index contributed by atoms with van der Waals surface area (Å²) < 4.78 is 32.5. The van der Waals surface area contributed by atoms with Gasteiger partial charge in [-0.1, -0.05) is 13.8 Å². The van der Waals surface area contributed by atoms with Gasteiger partial charge in [-0.25, -0.2) is 8.42 Å². The maximum absolute atomic E-state index is 12.9. The topological polar surface area (TPSA) is 75.7 Å². The van der Waals surface area contributed by atoms with Gasteiger partial charge in [0.15, 0.2) is 0 Å². The quantitative estimate of drug-likeness (QED) is 0.850. The fourth-order valence-corrected chi connectivity index (χ4v) is 4.50. The van der Waals surface area contributed by atoms with E-state index in [2.05, 4.69) is 12.2 Å². The molecule has 2 rings (SSSR count). The van der Waals surface area contributed by atoms with Gasteiger partial charge >= 0.3 is 0 Å². The molecule has 1 fully saturated rings. The molecule has 1 atom stereocenters. The van der Waals surface area contributed by atoms with E-state index in [1.54, 1.807) is 6.07 Å². The van der Waals surface area contributed by atoms with Crippen molar-refractivity contribution in [3.05, 3.63) is 23.8 Å². The predicted molar refractivity (Wildman–Crippen MR) is 92.8 cm³/mol. The summed E-state index contributed by atoms with van der Waals surface area (Å²) in [5.74, 6) is 0.395. The molecule has 0 radical (unpaired) electrons. The van der Waals surface area contributed by atoms with Crippen LogP contribution in [0.15, 0.2) is 23.1 Å². The van der Waals surface area contributed by atoms with Gasteiger partial charge < -0.3 is 10.1 Å². The molecule has 134 valence electrons. The van der Waals surface area contributed by atoms with Crippen molar-refractivity contribution in [2.24, 2.45) is 5.92 Å². The van der Waals surface area contributed by atoms with Crippen molar-refractivity contribution in [2.75, 3.05) is 26.7 Å². The third-order valence-electron chi connectivity index (χ3n) is 4.21. The fraction of sp³-hybridized carbons (Fsp3) is 0.588. The largest absolute Gasteiger partial charge is 0.496 e. The van der Waals surface area contributed by atoms with Crippen molar-refractivity contribution in [1.29, 1.82) is 0 Å². The normalized spacial score (nSPS) is 19.0. The first-order chi connectivity index (χ1) is 11.4. The molecule has 7 heteroatoms. The first-order valence-corrected chi connectivity index (χ1v) is 9.80. The molecule has 24 heavy (non-hydrogen) atoms. The van der Waals surface area contributed by atoms with Crippen molar-refractivity contribution >= 4 is 15.9 Å². The zero-order valence-corrected chi connectivity index (χ0v) is 15.4. The van der Waals surface area contributed by atoms with E-state index in [0.717, 1.165) is 19.3 Å². The lowest BCUT2D eigenvalue weighted by Gasteiger charge is -2.30. The van der Waals surface area contributed by atoms with Crippen LogP contribution in [-0.4, -0.2) is 45.4 Å². The molecular weight excluding hydrogens is 328 g/mol. The monoisotopic (exact) mass is 354 g/mol. The number of methoxy groups -OCH3 is 1. The van der Waals surface area contributed by atoms with Gasteiger partial charge in [0.25, 0.3) is 5.91 Å². The van der Waals surface area contributed by atoms with Gasteiger partial charge in [0.1, 0.15) is 5.75 Å². The number of carbonyl (C=O) groups is 1. The van der Waals surface area contributed by atoms with E-state index in [1.807, 2.05) is 6.92 Å². The molecule has 6 nitrogen and oxygen atoms in total. The number of sulfonamides is 1. The second-order valence-electron chi connectivity index (χ2n) is 6.23. The van der Waals surface area contributed by atoms with Crippen LogP contribution in [-0.2, 0) is 10.0 Å².